The maximum Gasteiger partial charge on any atom is 0.124 e. The first-order valence-corrected chi connectivity index (χ1v) is 10.8. The second-order valence-electron chi connectivity index (χ2n) is 8.33. The number of H-pyrrole nitrogens is 1. The van der Waals surface area contributed by atoms with E-state index in [0.717, 1.165) is 46.7 Å². The largest absolute Gasteiger partial charge is 0.384 e. The Kier molecular flexibility index (Phi) is 5.81. The van der Waals surface area contributed by atoms with Crippen molar-refractivity contribution in [2.24, 2.45) is 0 Å². The molecule has 4 aromatic rings. The number of nitrogens with one attached hydrogen (secondary N) is 2. The summed E-state index contributed by atoms with van der Waals surface area (Å²) >= 11 is 0. The van der Waals surface area contributed by atoms with E-state index in [1.54, 1.807) is 0 Å². The number of allylic oxidation sites excluding steroid dienone is 1. The number of aromatic nitrogens is 2. The standard InChI is InChI=1S/C27H30N4/c1-5-18(3)26-27(29-19(4)14-20-12-10-17(2)11-13-20)22(16-25(28)31-26)24-15-21-8-6-7-9-23(21)30-24/h6-13,15-16,18,29-30H,4-5,14H2,1-3H3,(H2,28,31). The Morgan fingerprint density at radius 2 is 1.87 bits per heavy atom. The highest BCUT2D eigenvalue weighted by atomic mass is 15.0. The van der Waals surface area contributed by atoms with Crippen LogP contribution in [0.4, 0.5) is 11.5 Å². The summed E-state index contributed by atoms with van der Waals surface area (Å²) in [7, 11) is 0. The van der Waals surface area contributed by atoms with Gasteiger partial charge in [0.2, 0.25) is 0 Å². The van der Waals surface area contributed by atoms with Crippen LogP contribution in [-0.4, -0.2) is 9.97 Å². The predicted molar refractivity (Wildman–Crippen MR) is 132 cm³/mol. The number of benzene rings is 2. The van der Waals surface area contributed by atoms with Crippen LogP contribution < -0.4 is 11.1 Å². The third kappa shape index (κ3) is 4.48. The number of hydrogen-bond acceptors (Lipinski definition) is 3. The van der Waals surface area contributed by atoms with Gasteiger partial charge < -0.3 is 16.0 Å². The Morgan fingerprint density at radius 1 is 1.13 bits per heavy atom. The van der Waals surface area contributed by atoms with Crippen molar-refractivity contribution in [3.63, 3.8) is 0 Å². The minimum absolute atomic E-state index is 0.265. The van der Waals surface area contributed by atoms with Crippen molar-refractivity contribution in [3.05, 3.63) is 89.8 Å². The van der Waals surface area contributed by atoms with Gasteiger partial charge in [0.25, 0.3) is 0 Å². The fourth-order valence-electron chi connectivity index (χ4n) is 3.87. The number of rotatable bonds is 7. The van der Waals surface area contributed by atoms with Crippen LogP contribution in [0.3, 0.4) is 0 Å². The smallest absolute Gasteiger partial charge is 0.124 e. The third-order valence-corrected chi connectivity index (χ3v) is 5.81. The van der Waals surface area contributed by atoms with Crippen LogP contribution in [0.1, 0.15) is 43.0 Å². The molecule has 4 rings (SSSR count). The molecule has 2 aromatic heterocycles. The fraction of sp³-hybridized carbons (Fsp3) is 0.222. The summed E-state index contributed by atoms with van der Waals surface area (Å²) in [5.41, 5.74) is 14.7. The lowest BCUT2D eigenvalue weighted by Crippen LogP contribution is -2.10. The molecule has 0 fully saturated rings. The number of nitrogen functional groups attached to an aromatic ring is 1. The molecule has 2 heterocycles. The van der Waals surface area contributed by atoms with Gasteiger partial charge >= 0.3 is 0 Å². The highest BCUT2D eigenvalue weighted by Crippen LogP contribution is 2.38. The van der Waals surface area contributed by atoms with Gasteiger partial charge in [-0.25, -0.2) is 4.98 Å². The average Bonchev–Trinajstić information content (AvgIpc) is 3.20. The summed E-state index contributed by atoms with van der Waals surface area (Å²) in [5.74, 6) is 0.792. The van der Waals surface area contributed by atoms with Crippen LogP contribution in [0.2, 0.25) is 0 Å². The van der Waals surface area contributed by atoms with Crippen LogP contribution in [0, 0.1) is 6.92 Å². The van der Waals surface area contributed by atoms with Crippen LogP contribution in [0.15, 0.2) is 72.9 Å². The molecule has 1 unspecified atom stereocenters. The number of nitrogens with two attached hydrogens (primary N) is 1. The Balaban J connectivity index is 1.76. The van der Waals surface area contributed by atoms with Crippen molar-refractivity contribution in [3.8, 4) is 11.3 Å². The second-order valence-corrected chi connectivity index (χ2v) is 8.33. The molecule has 1 atom stereocenters. The van der Waals surface area contributed by atoms with E-state index in [1.165, 1.54) is 16.5 Å². The molecular weight excluding hydrogens is 380 g/mol. The first-order valence-electron chi connectivity index (χ1n) is 10.8. The first kappa shape index (κ1) is 20.7. The minimum atomic E-state index is 0.265. The van der Waals surface area contributed by atoms with E-state index in [2.05, 4.69) is 80.1 Å². The van der Waals surface area contributed by atoms with Crippen LogP contribution in [-0.2, 0) is 6.42 Å². The summed E-state index contributed by atoms with van der Waals surface area (Å²) in [5, 5.41) is 4.76. The minimum Gasteiger partial charge on any atom is -0.384 e. The van der Waals surface area contributed by atoms with Gasteiger partial charge in [-0.05, 0) is 37.1 Å². The van der Waals surface area contributed by atoms with E-state index in [4.69, 9.17) is 10.7 Å². The molecule has 0 spiro atoms. The summed E-state index contributed by atoms with van der Waals surface area (Å²) in [6.45, 7) is 10.8. The molecule has 4 nitrogen and oxygen atoms in total. The Hall–Kier alpha value is -3.53. The van der Waals surface area contributed by atoms with Crippen molar-refractivity contribution in [1.29, 1.82) is 0 Å². The lowest BCUT2D eigenvalue weighted by atomic mass is 9.98. The molecule has 0 bridgehead atoms. The Labute approximate surface area is 184 Å². The molecule has 0 amide bonds. The van der Waals surface area contributed by atoms with Gasteiger partial charge in [0.1, 0.15) is 5.82 Å². The topological polar surface area (TPSA) is 66.7 Å². The van der Waals surface area contributed by atoms with Crippen molar-refractivity contribution in [2.45, 2.75) is 39.5 Å². The Bertz CT molecular complexity index is 1180. The number of fused-ring (bicyclic) bond motifs is 1. The van der Waals surface area contributed by atoms with Crippen molar-refractivity contribution in [2.75, 3.05) is 11.1 Å². The molecule has 0 aliphatic heterocycles. The maximum atomic E-state index is 6.25. The zero-order chi connectivity index (χ0) is 22.0. The monoisotopic (exact) mass is 410 g/mol. The first-order chi connectivity index (χ1) is 14.9. The van der Waals surface area contributed by atoms with Crippen molar-refractivity contribution in [1.82, 2.24) is 9.97 Å². The summed E-state index contributed by atoms with van der Waals surface area (Å²) in [6.07, 6.45) is 1.72. The number of hydrogen-bond donors (Lipinski definition) is 3. The van der Waals surface area contributed by atoms with Gasteiger partial charge in [-0.2, -0.15) is 0 Å². The van der Waals surface area contributed by atoms with Crippen LogP contribution in [0.25, 0.3) is 22.2 Å². The quantitative estimate of drug-likeness (QED) is 0.314. The molecule has 0 radical (unpaired) electrons. The SMILES string of the molecule is C=C(Cc1ccc(C)cc1)Nc1c(-c2cc3ccccc3[nH]2)cc(N)nc1C(C)CC. The number of anilines is 2. The summed E-state index contributed by atoms with van der Waals surface area (Å²) in [4.78, 5) is 8.26. The number of nitrogens with zero attached hydrogens (tertiary/aromatic N) is 1. The van der Waals surface area contributed by atoms with Gasteiger partial charge in [0, 0.05) is 40.2 Å². The molecule has 0 saturated carbocycles. The number of aryl methyl sites for hydroxylation is 1. The molecule has 0 aliphatic carbocycles. The van der Waals surface area contributed by atoms with Crippen molar-refractivity contribution < 1.29 is 0 Å². The molecule has 0 saturated heterocycles. The summed E-state index contributed by atoms with van der Waals surface area (Å²) < 4.78 is 0. The molecule has 4 N–H and O–H groups in total. The third-order valence-electron chi connectivity index (χ3n) is 5.81. The average molecular weight is 411 g/mol. The highest BCUT2D eigenvalue weighted by Gasteiger charge is 2.19. The van der Waals surface area contributed by atoms with Gasteiger partial charge in [0.05, 0.1) is 11.4 Å². The van der Waals surface area contributed by atoms with Gasteiger partial charge in [-0.15, -0.1) is 0 Å². The van der Waals surface area contributed by atoms with E-state index >= 15 is 0 Å². The van der Waals surface area contributed by atoms with Gasteiger partial charge in [-0.3, -0.25) is 0 Å². The van der Waals surface area contributed by atoms with E-state index < -0.39 is 0 Å². The van der Waals surface area contributed by atoms with E-state index in [1.807, 2.05) is 18.2 Å². The van der Waals surface area contributed by atoms with E-state index in [0.29, 0.717) is 5.82 Å². The molecule has 31 heavy (non-hydrogen) atoms. The van der Waals surface area contributed by atoms with E-state index in [-0.39, 0.29) is 5.92 Å². The normalized spacial score (nSPS) is 12.1. The Morgan fingerprint density at radius 3 is 2.58 bits per heavy atom. The molecule has 2 aromatic carbocycles. The molecule has 158 valence electrons. The predicted octanol–water partition coefficient (Wildman–Crippen LogP) is 6.80. The summed E-state index contributed by atoms with van der Waals surface area (Å²) in [6, 6.07) is 21.0. The lowest BCUT2D eigenvalue weighted by Gasteiger charge is -2.21. The van der Waals surface area contributed by atoms with E-state index in [9.17, 15) is 0 Å². The number of para-hydroxylation sites is 1. The maximum absolute atomic E-state index is 6.25. The second kappa shape index (κ2) is 8.68. The molecule has 0 aliphatic rings. The molecule has 4 heteroatoms. The lowest BCUT2D eigenvalue weighted by molar-refractivity contribution is 0.711. The molecular formula is C27H30N4. The van der Waals surface area contributed by atoms with Crippen LogP contribution >= 0.6 is 0 Å². The number of aromatic amines is 1. The van der Waals surface area contributed by atoms with Crippen molar-refractivity contribution >= 4 is 22.4 Å². The zero-order valence-corrected chi connectivity index (χ0v) is 18.5. The van der Waals surface area contributed by atoms with Gasteiger partial charge in [-0.1, -0.05) is 68.5 Å². The fourth-order valence-corrected chi connectivity index (χ4v) is 3.87. The zero-order valence-electron chi connectivity index (χ0n) is 18.5. The van der Waals surface area contributed by atoms with Gasteiger partial charge in [0.15, 0.2) is 0 Å². The highest BCUT2D eigenvalue weighted by molar-refractivity contribution is 5.90. The van der Waals surface area contributed by atoms with Crippen LogP contribution in [0.5, 0.6) is 0 Å². The number of pyridine rings is 1.